The Kier molecular flexibility index (Phi) is 2.09. The molecule has 10 heavy (non-hydrogen) atoms. The van der Waals surface area contributed by atoms with Crippen LogP contribution in [0, 0.1) is 5.41 Å². The van der Waals surface area contributed by atoms with Crippen molar-refractivity contribution in [2.75, 3.05) is 20.1 Å². The number of carbonyl (C=O) groups excluding carboxylic acids is 1. The largest absolute Gasteiger partial charge is 0.305 e. The molecule has 58 valence electrons. The van der Waals surface area contributed by atoms with Crippen LogP contribution in [0.5, 0.6) is 0 Å². The van der Waals surface area contributed by atoms with Gasteiger partial charge in [-0.1, -0.05) is 6.92 Å². The number of carbonyl (C=O) groups is 1. The molecule has 0 amide bonds. The summed E-state index contributed by atoms with van der Waals surface area (Å²) in [5, 5.41) is 0. The summed E-state index contributed by atoms with van der Waals surface area (Å²) in [7, 11) is 2.07. The maximum Gasteiger partial charge on any atom is 0.127 e. The van der Waals surface area contributed by atoms with Gasteiger partial charge in [-0.05, 0) is 26.4 Å². The monoisotopic (exact) mass is 141 g/mol. The third-order valence-electron chi connectivity index (χ3n) is 2.20. The van der Waals surface area contributed by atoms with Crippen LogP contribution in [0.3, 0.4) is 0 Å². The van der Waals surface area contributed by atoms with Crippen molar-refractivity contribution in [1.29, 1.82) is 0 Å². The number of nitrogens with zero attached hydrogens (tertiary/aromatic N) is 1. The van der Waals surface area contributed by atoms with Crippen LogP contribution < -0.4 is 0 Å². The molecule has 0 unspecified atom stereocenters. The summed E-state index contributed by atoms with van der Waals surface area (Å²) in [5.74, 6) is 0. The van der Waals surface area contributed by atoms with Gasteiger partial charge in [0.05, 0.1) is 0 Å². The van der Waals surface area contributed by atoms with Crippen LogP contribution in [0.1, 0.15) is 19.8 Å². The molecular formula is C8H15NO. The topological polar surface area (TPSA) is 20.3 Å². The Morgan fingerprint density at radius 2 is 2.30 bits per heavy atom. The highest BCUT2D eigenvalue weighted by Crippen LogP contribution is 2.25. The second-order valence-corrected chi connectivity index (χ2v) is 3.61. The Bertz CT molecular complexity index is 135. The van der Waals surface area contributed by atoms with Crippen molar-refractivity contribution in [3.05, 3.63) is 0 Å². The molecule has 0 aromatic rings. The minimum atomic E-state index is -0.0625. The predicted octanol–water partition coefficient (Wildman–Crippen LogP) is 0.917. The number of hydrogen-bond donors (Lipinski definition) is 0. The number of piperidine rings is 1. The highest BCUT2D eigenvalue weighted by molar-refractivity contribution is 5.59. The van der Waals surface area contributed by atoms with Gasteiger partial charge in [-0.3, -0.25) is 0 Å². The van der Waals surface area contributed by atoms with E-state index in [1.54, 1.807) is 0 Å². The lowest BCUT2D eigenvalue weighted by molar-refractivity contribution is -0.117. The number of rotatable bonds is 1. The SMILES string of the molecule is CN1CCC[C@@](C)(C=O)C1. The van der Waals surface area contributed by atoms with Crippen molar-refractivity contribution in [2.45, 2.75) is 19.8 Å². The molecule has 1 heterocycles. The molecular weight excluding hydrogens is 126 g/mol. The molecule has 0 aromatic heterocycles. The molecule has 1 aliphatic rings. The maximum atomic E-state index is 10.6. The number of hydrogen-bond acceptors (Lipinski definition) is 2. The molecule has 1 rings (SSSR count). The summed E-state index contributed by atoms with van der Waals surface area (Å²) in [6.07, 6.45) is 3.31. The molecule has 0 spiro atoms. The van der Waals surface area contributed by atoms with Crippen LogP contribution in [-0.4, -0.2) is 31.3 Å². The van der Waals surface area contributed by atoms with E-state index in [0.717, 1.165) is 32.2 Å². The number of aldehydes is 1. The van der Waals surface area contributed by atoms with Gasteiger partial charge in [0.1, 0.15) is 6.29 Å². The first-order valence-corrected chi connectivity index (χ1v) is 3.81. The van der Waals surface area contributed by atoms with Crippen molar-refractivity contribution in [2.24, 2.45) is 5.41 Å². The van der Waals surface area contributed by atoms with E-state index in [1.165, 1.54) is 0 Å². The summed E-state index contributed by atoms with van der Waals surface area (Å²) in [5.41, 5.74) is -0.0625. The average molecular weight is 141 g/mol. The highest BCUT2D eigenvalue weighted by atomic mass is 16.1. The van der Waals surface area contributed by atoms with Crippen LogP contribution in [0.15, 0.2) is 0 Å². The van der Waals surface area contributed by atoms with Gasteiger partial charge >= 0.3 is 0 Å². The molecule has 0 N–H and O–H groups in total. The van der Waals surface area contributed by atoms with E-state index in [4.69, 9.17) is 0 Å². The minimum absolute atomic E-state index is 0.0625. The fourth-order valence-electron chi connectivity index (χ4n) is 1.62. The molecule has 0 saturated carbocycles. The Balaban J connectivity index is 2.53. The Morgan fingerprint density at radius 3 is 2.70 bits per heavy atom. The van der Waals surface area contributed by atoms with E-state index in [9.17, 15) is 4.79 Å². The van der Waals surface area contributed by atoms with Crippen molar-refractivity contribution < 1.29 is 4.79 Å². The lowest BCUT2D eigenvalue weighted by atomic mass is 9.84. The maximum absolute atomic E-state index is 10.6. The molecule has 0 bridgehead atoms. The van der Waals surface area contributed by atoms with E-state index < -0.39 is 0 Å². The Labute approximate surface area is 62.2 Å². The van der Waals surface area contributed by atoms with Crippen LogP contribution in [0.25, 0.3) is 0 Å². The summed E-state index contributed by atoms with van der Waals surface area (Å²) in [6, 6.07) is 0. The molecule has 0 radical (unpaired) electrons. The molecule has 2 nitrogen and oxygen atoms in total. The second kappa shape index (κ2) is 2.70. The van der Waals surface area contributed by atoms with Crippen molar-refractivity contribution in [1.82, 2.24) is 4.90 Å². The van der Waals surface area contributed by atoms with Crippen LogP contribution in [0.2, 0.25) is 0 Å². The van der Waals surface area contributed by atoms with Gasteiger partial charge in [-0.2, -0.15) is 0 Å². The van der Waals surface area contributed by atoms with Gasteiger partial charge in [0.2, 0.25) is 0 Å². The highest BCUT2D eigenvalue weighted by Gasteiger charge is 2.28. The number of likely N-dealkylation sites (tertiary alicyclic amines) is 1. The lowest BCUT2D eigenvalue weighted by Gasteiger charge is -2.34. The van der Waals surface area contributed by atoms with Gasteiger partial charge in [-0.25, -0.2) is 0 Å². The predicted molar refractivity (Wildman–Crippen MR) is 40.9 cm³/mol. The summed E-state index contributed by atoms with van der Waals surface area (Å²) >= 11 is 0. The average Bonchev–Trinajstić information content (AvgIpc) is 1.88. The molecule has 1 atom stereocenters. The second-order valence-electron chi connectivity index (χ2n) is 3.61. The summed E-state index contributed by atoms with van der Waals surface area (Å²) in [6.45, 7) is 4.11. The molecule has 0 aliphatic carbocycles. The van der Waals surface area contributed by atoms with E-state index >= 15 is 0 Å². The quantitative estimate of drug-likeness (QED) is 0.506. The Hall–Kier alpha value is -0.370. The smallest absolute Gasteiger partial charge is 0.127 e. The van der Waals surface area contributed by atoms with E-state index in [1.807, 2.05) is 6.92 Å². The zero-order valence-corrected chi connectivity index (χ0v) is 6.76. The molecule has 2 heteroatoms. The van der Waals surface area contributed by atoms with Gasteiger partial charge < -0.3 is 9.69 Å². The molecule has 1 aliphatic heterocycles. The molecule has 1 saturated heterocycles. The van der Waals surface area contributed by atoms with E-state index in [-0.39, 0.29) is 5.41 Å². The van der Waals surface area contributed by atoms with Gasteiger partial charge in [-0.15, -0.1) is 0 Å². The van der Waals surface area contributed by atoms with Crippen LogP contribution >= 0.6 is 0 Å². The standard InChI is InChI=1S/C8H15NO/c1-8(7-10)4-3-5-9(2)6-8/h7H,3-6H2,1-2H3/t8-/m1/s1. The first-order valence-electron chi connectivity index (χ1n) is 3.81. The first-order chi connectivity index (χ1) is 4.66. The van der Waals surface area contributed by atoms with Gasteiger partial charge in [0.15, 0.2) is 0 Å². The summed E-state index contributed by atoms with van der Waals surface area (Å²) < 4.78 is 0. The fraction of sp³-hybridized carbons (Fsp3) is 0.875. The molecule has 1 fully saturated rings. The fourth-order valence-corrected chi connectivity index (χ4v) is 1.62. The van der Waals surface area contributed by atoms with Crippen LogP contribution in [-0.2, 0) is 4.79 Å². The summed E-state index contributed by atoms with van der Waals surface area (Å²) in [4.78, 5) is 12.8. The van der Waals surface area contributed by atoms with E-state index in [0.29, 0.717) is 0 Å². The van der Waals surface area contributed by atoms with Crippen LogP contribution in [0.4, 0.5) is 0 Å². The van der Waals surface area contributed by atoms with E-state index in [2.05, 4.69) is 11.9 Å². The normalized spacial score (nSPS) is 35.8. The van der Waals surface area contributed by atoms with Crippen molar-refractivity contribution in [3.63, 3.8) is 0 Å². The third-order valence-corrected chi connectivity index (χ3v) is 2.20. The Morgan fingerprint density at radius 1 is 1.60 bits per heavy atom. The lowest BCUT2D eigenvalue weighted by Crippen LogP contribution is -2.40. The zero-order valence-electron chi connectivity index (χ0n) is 6.76. The van der Waals surface area contributed by atoms with Gasteiger partial charge in [0.25, 0.3) is 0 Å². The van der Waals surface area contributed by atoms with Gasteiger partial charge in [0, 0.05) is 12.0 Å². The van der Waals surface area contributed by atoms with Crippen molar-refractivity contribution in [3.8, 4) is 0 Å². The third kappa shape index (κ3) is 1.57. The molecule has 0 aromatic carbocycles. The van der Waals surface area contributed by atoms with Crippen molar-refractivity contribution >= 4 is 6.29 Å². The first kappa shape index (κ1) is 7.73. The zero-order chi connectivity index (χ0) is 7.61. The minimum Gasteiger partial charge on any atom is -0.305 e.